The van der Waals surface area contributed by atoms with Crippen molar-refractivity contribution in [3.63, 3.8) is 0 Å². The normalized spacial score (nSPS) is 15.1. The summed E-state index contributed by atoms with van der Waals surface area (Å²) in [4.78, 5) is 25.2. The Labute approximate surface area is 154 Å². The lowest BCUT2D eigenvalue weighted by Gasteiger charge is -2.30. The summed E-state index contributed by atoms with van der Waals surface area (Å²) in [6.45, 7) is 0.959. The van der Waals surface area contributed by atoms with Gasteiger partial charge in [-0.3, -0.25) is 0 Å². The van der Waals surface area contributed by atoms with E-state index < -0.39 is 6.09 Å². The lowest BCUT2D eigenvalue weighted by molar-refractivity contribution is 0.124. The van der Waals surface area contributed by atoms with Gasteiger partial charge in [0.25, 0.3) is 0 Å². The molecule has 140 valence electrons. The molecule has 1 amide bonds. The molecule has 0 atom stereocenters. The van der Waals surface area contributed by atoms with E-state index >= 15 is 0 Å². The number of hydrogen-bond donors (Lipinski definition) is 1. The van der Waals surface area contributed by atoms with Crippen LogP contribution in [0.1, 0.15) is 18.9 Å². The molecular weight excluding hydrogens is 352 g/mol. The fraction of sp³-hybridized carbons (Fsp3) is 0.353. The second kappa shape index (κ2) is 7.06. The summed E-state index contributed by atoms with van der Waals surface area (Å²) in [5, 5.41) is 14.2. The van der Waals surface area contributed by atoms with Crippen LogP contribution >= 0.6 is 0 Å². The van der Waals surface area contributed by atoms with E-state index in [0.29, 0.717) is 54.5 Å². The monoisotopic (exact) mass is 370 g/mol. The highest BCUT2D eigenvalue weighted by atomic mass is 16.5. The van der Waals surface area contributed by atoms with Crippen LogP contribution in [0.5, 0.6) is 17.5 Å². The molecule has 1 aliphatic heterocycles. The van der Waals surface area contributed by atoms with Gasteiger partial charge in [0, 0.05) is 19.2 Å². The van der Waals surface area contributed by atoms with E-state index in [1.165, 1.54) is 11.2 Å². The van der Waals surface area contributed by atoms with E-state index in [0.717, 1.165) is 0 Å². The summed E-state index contributed by atoms with van der Waals surface area (Å²) < 4.78 is 12.7. The number of carboxylic acid groups (broad SMARTS) is 1. The molecule has 0 unspecified atom stereocenters. The molecule has 3 aromatic heterocycles. The molecule has 10 nitrogen and oxygen atoms in total. The van der Waals surface area contributed by atoms with Gasteiger partial charge in [0.1, 0.15) is 17.5 Å². The number of carbonyl (C=O) groups is 1. The van der Waals surface area contributed by atoms with E-state index in [1.54, 1.807) is 31.6 Å². The van der Waals surface area contributed by atoms with Gasteiger partial charge >= 0.3 is 6.09 Å². The highest BCUT2D eigenvalue weighted by Gasteiger charge is 2.26. The number of methoxy groups -OCH3 is 1. The molecule has 4 heterocycles. The van der Waals surface area contributed by atoms with Crippen LogP contribution in [0, 0.1) is 0 Å². The van der Waals surface area contributed by atoms with Crippen LogP contribution in [-0.4, -0.2) is 61.0 Å². The summed E-state index contributed by atoms with van der Waals surface area (Å²) in [5.41, 5.74) is 0.662. The van der Waals surface area contributed by atoms with E-state index in [4.69, 9.17) is 14.6 Å². The summed E-state index contributed by atoms with van der Waals surface area (Å²) >= 11 is 0. The second-order valence-corrected chi connectivity index (χ2v) is 6.14. The maximum Gasteiger partial charge on any atom is 0.407 e. The first-order valence-electron chi connectivity index (χ1n) is 8.49. The summed E-state index contributed by atoms with van der Waals surface area (Å²) in [5.74, 6) is 1.41. The molecule has 1 fully saturated rings. The molecule has 0 bridgehead atoms. The minimum atomic E-state index is -0.884. The first-order valence-corrected chi connectivity index (χ1v) is 8.49. The van der Waals surface area contributed by atoms with Gasteiger partial charge in [-0.15, -0.1) is 0 Å². The van der Waals surface area contributed by atoms with Crippen molar-refractivity contribution in [3.05, 3.63) is 30.9 Å². The summed E-state index contributed by atoms with van der Waals surface area (Å²) in [6, 6.07) is 3.53. The molecule has 1 saturated heterocycles. The standard InChI is InChI=1S/C17H18N6O4/c1-26-14-3-2-12(8-18-14)27-16-13-9-21-23(15(13)19-10-20-16)11-4-6-22(7-5-11)17(24)25/h2-3,8-11H,4-7H2,1H3,(H,24,25). The zero-order valence-electron chi connectivity index (χ0n) is 14.6. The number of ether oxygens (including phenoxy) is 2. The lowest BCUT2D eigenvalue weighted by atomic mass is 10.1. The third kappa shape index (κ3) is 3.33. The summed E-state index contributed by atoms with van der Waals surface area (Å²) in [6.07, 6.45) is 5.14. The van der Waals surface area contributed by atoms with E-state index in [-0.39, 0.29) is 6.04 Å². The van der Waals surface area contributed by atoms with Crippen molar-refractivity contribution < 1.29 is 19.4 Å². The van der Waals surface area contributed by atoms with Gasteiger partial charge in [0.05, 0.1) is 25.5 Å². The van der Waals surface area contributed by atoms with Gasteiger partial charge in [-0.25, -0.2) is 24.4 Å². The quantitative estimate of drug-likeness (QED) is 0.744. The van der Waals surface area contributed by atoms with Crippen molar-refractivity contribution in [2.75, 3.05) is 20.2 Å². The van der Waals surface area contributed by atoms with E-state index in [2.05, 4.69) is 20.1 Å². The minimum Gasteiger partial charge on any atom is -0.481 e. The van der Waals surface area contributed by atoms with Gasteiger partial charge in [-0.2, -0.15) is 5.10 Å². The number of nitrogens with zero attached hydrogens (tertiary/aromatic N) is 6. The maximum atomic E-state index is 11.1. The number of fused-ring (bicyclic) bond motifs is 1. The number of likely N-dealkylation sites (tertiary alicyclic amines) is 1. The van der Waals surface area contributed by atoms with Crippen molar-refractivity contribution in [2.45, 2.75) is 18.9 Å². The van der Waals surface area contributed by atoms with Gasteiger partial charge in [-0.05, 0) is 18.9 Å². The van der Waals surface area contributed by atoms with Crippen molar-refractivity contribution in [2.24, 2.45) is 0 Å². The zero-order valence-corrected chi connectivity index (χ0v) is 14.6. The smallest absolute Gasteiger partial charge is 0.407 e. The zero-order chi connectivity index (χ0) is 18.8. The predicted octanol–water partition coefficient (Wildman–Crippen LogP) is 2.34. The largest absolute Gasteiger partial charge is 0.481 e. The molecule has 1 N–H and O–H groups in total. The van der Waals surface area contributed by atoms with E-state index in [1.807, 2.05) is 4.68 Å². The molecule has 0 aromatic carbocycles. The molecule has 27 heavy (non-hydrogen) atoms. The van der Waals surface area contributed by atoms with Gasteiger partial charge in [-0.1, -0.05) is 0 Å². The SMILES string of the molecule is COc1ccc(Oc2ncnc3c2cnn3C2CCN(C(=O)O)CC2)cn1. The van der Waals surface area contributed by atoms with Crippen LogP contribution in [0.15, 0.2) is 30.9 Å². The highest BCUT2D eigenvalue weighted by molar-refractivity contribution is 5.80. The minimum absolute atomic E-state index is 0.0866. The Morgan fingerprint density at radius 2 is 2.00 bits per heavy atom. The third-order valence-electron chi connectivity index (χ3n) is 4.57. The van der Waals surface area contributed by atoms with Crippen molar-refractivity contribution in [3.8, 4) is 17.5 Å². The van der Waals surface area contributed by atoms with Gasteiger partial charge in [0.2, 0.25) is 11.8 Å². The topological polar surface area (TPSA) is 115 Å². The molecule has 0 aliphatic carbocycles. The van der Waals surface area contributed by atoms with Crippen molar-refractivity contribution in [1.29, 1.82) is 0 Å². The van der Waals surface area contributed by atoms with Crippen LogP contribution in [0.4, 0.5) is 4.79 Å². The molecule has 1 aliphatic rings. The van der Waals surface area contributed by atoms with Crippen LogP contribution in [0.25, 0.3) is 11.0 Å². The third-order valence-corrected chi connectivity index (χ3v) is 4.57. The fourth-order valence-electron chi connectivity index (χ4n) is 3.15. The Morgan fingerprint density at radius 1 is 1.19 bits per heavy atom. The Balaban J connectivity index is 1.57. The van der Waals surface area contributed by atoms with Crippen LogP contribution in [0.2, 0.25) is 0 Å². The predicted molar refractivity (Wildman–Crippen MR) is 94.1 cm³/mol. The van der Waals surface area contributed by atoms with Gasteiger partial charge in [0.15, 0.2) is 5.65 Å². The fourth-order valence-corrected chi connectivity index (χ4v) is 3.15. The number of rotatable bonds is 4. The number of aromatic nitrogens is 5. The highest BCUT2D eigenvalue weighted by Crippen LogP contribution is 2.30. The molecule has 0 spiro atoms. The molecule has 3 aromatic rings. The van der Waals surface area contributed by atoms with Crippen LogP contribution in [-0.2, 0) is 0 Å². The maximum absolute atomic E-state index is 11.1. The lowest BCUT2D eigenvalue weighted by Crippen LogP contribution is -2.38. The molecule has 4 rings (SSSR count). The average molecular weight is 370 g/mol. The number of piperidine rings is 1. The Morgan fingerprint density at radius 3 is 2.67 bits per heavy atom. The van der Waals surface area contributed by atoms with Crippen molar-refractivity contribution >= 4 is 17.1 Å². The molecular formula is C17H18N6O4. The first kappa shape index (κ1) is 17.0. The van der Waals surface area contributed by atoms with Crippen LogP contribution < -0.4 is 9.47 Å². The van der Waals surface area contributed by atoms with Crippen molar-refractivity contribution in [1.82, 2.24) is 29.6 Å². The Bertz CT molecular complexity index is 950. The number of hydrogen-bond acceptors (Lipinski definition) is 7. The van der Waals surface area contributed by atoms with Crippen LogP contribution in [0.3, 0.4) is 0 Å². The van der Waals surface area contributed by atoms with Gasteiger partial charge < -0.3 is 19.5 Å². The molecule has 0 saturated carbocycles. The Kier molecular flexibility index (Phi) is 4.45. The van der Waals surface area contributed by atoms with E-state index in [9.17, 15) is 4.79 Å². The molecule has 10 heteroatoms. The number of amides is 1. The summed E-state index contributed by atoms with van der Waals surface area (Å²) in [7, 11) is 1.55. The second-order valence-electron chi connectivity index (χ2n) is 6.14. The Hall–Kier alpha value is -3.43. The number of pyridine rings is 1. The molecule has 0 radical (unpaired) electrons. The first-order chi connectivity index (χ1) is 13.2. The average Bonchev–Trinajstić information content (AvgIpc) is 3.14.